The van der Waals surface area contributed by atoms with E-state index in [1.54, 1.807) is 6.07 Å². The molecular weight excluding hydrogens is 270 g/mol. The molecule has 3 unspecified atom stereocenters. The van der Waals surface area contributed by atoms with Gasteiger partial charge in [0.1, 0.15) is 0 Å². The Morgan fingerprint density at radius 3 is 2.50 bits per heavy atom. The van der Waals surface area contributed by atoms with E-state index in [1.807, 2.05) is 26.0 Å². The zero-order chi connectivity index (χ0) is 14.9. The summed E-state index contributed by atoms with van der Waals surface area (Å²) in [5.41, 5.74) is 2.17. The molecule has 112 valence electrons. The van der Waals surface area contributed by atoms with Crippen LogP contribution in [0.1, 0.15) is 37.8 Å². The molecule has 20 heavy (non-hydrogen) atoms. The maximum absolute atomic E-state index is 12.8. The quantitative estimate of drug-likeness (QED) is 0.929. The highest BCUT2D eigenvalue weighted by molar-refractivity contribution is 7.92. The van der Waals surface area contributed by atoms with Crippen LogP contribution in [0.4, 0.5) is 0 Å². The Morgan fingerprint density at radius 2 is 1.90 bits per heavy atom. The molecule has 1 aliphatic rings. The van der Waals surface area contributed by atoms with Gasteiger partial charge in [-0.05, 0) is 62.4 Å². The monoisotopic (exact) mass is 295 g/mol. The van der Waals surface area contributed by atoms with Crippen molar-refractivity contribution < 1.29 is 8.42 Å². The Balaban J connectivity index is 2.29. The van der Waals surface area contributed by atoms with Gasteiger partial charge in [-0.3, -0.25) is 0 Å². The third-order valence-corrected chi connectivity index (χ3v) is 7.03. The van der Waals surface area contributed by atoms with Crippen molar-refractivity contribution in [3.8, 4) is 0 Å². The van der Waals surface area contributed by atoms with E-state index in [1.165, 1.54) is 0 Å². The van der Waals surface area contributed by atoms with E-state index in [9.17, 15) is 8.42 Å². The maximum atomic E-state index is 12.8. The molecule has 3 nitrogen and oxygen atoms in total. The van der Waals surface area contributed by atoms with E-state index in [0.717, 1.165) is 30.5 Å². The first-order chi connectivity index (χ1) is 9.37. The highest BCUT2D eigenvalue weighted by Crippen LogP contribution is 2.35. The van der Waals surface area contributed by atoms with Gasteiger partial charge >= 0.3 is 0 Å². The molecule has 2 rings (SSSR count). The lowest BCUT2D eigenvalue weighted by Crippen LogP contribution is -2.36. The fraction of sp³-hybridized carbons (Fsp3) is 0.625. The minimum atomic E-state index is -3.22. The first-order valence-corrected chi connectivity index (χ1v) is 8.97. The van der Waals surface area contributed by atoms with E-state index in [-0.39, 0.29) is 11.2 Å². The first kappa shape index (κ1) is 15.5. The lowest BCUT2D eigenvalue weighted by Gasteiger charge is -2.21. The summed E-state index contributed by atoms with van der Waals surface area (Å²) in [5.74, 6) is 0.168. The van der Waals surface area contributed by atoms with Crippen molar-refractivity contribution in [2.24, 2.45) is 5.92 Å². The normalized spacial score (nSPS) is 26.9. The van der Waals surface area contributed by atoms with E-state index < -0.39 is 9.84 Å². The predicted octanol–water partition coefficient (Wildman–Crippen LogP) is 2.85. The standard InChI is InChI=1S/C16H25NO2S/c1-5-17-15-8-9-16(13(15)4)20(18,19)14-7-6-11(2)12(3)10-14/h6-7,10,13,15-17H,5,8-9H2,1-4H3. The molecule has 4 heteroatoms. The van der Waals surface area contributed by atoms with Crippen molar-refractivity contribution in [1.82, 2.24) is 5.32 Å². The van der Waals surface area contributed by atoms with Gasteiger partial charge in [-0.15, -0.1) is 0 Å². The second kappa shape index (κ2) is 5.86. The molecular formula is C16H25NO2S. The SMILES string of the molecule is CCNC1CCC(S(=O)(=O)c2ccc(C)c(C)c2)C1C. The van der Waals surface area contributed by atoms with Crippen LogP contribution in [0.5, 0.6) is 0 Å². The van der Waals surface area contributed by atoms with Crippen molar-refractivity contribution in [2.75, 3.05) is 6.54 Å². The Morgan fingerprint density at radius 1 is 1.20 bits per heavy atom. The number of aryl methyl sites for hydroxylation is 2. The summed E-state index contributed by atoms with van der Waals surface area (Å²) in [5, 5.41) is 3.15. The average Bonchev–Trinajstić information content (AvgIpc) is 2.75. The molecule has 0 aliphatic heterocycles. The number of benzene rings is 1. The molecule has 0 saturated heterocycles. The van der Waals surface area contributed by atoms with Crippen molar-refractivity contribution in [1.29, 1.82) is 0 Å². The zero-order valence-electron chi connectivity index (χ0n) is 12.8. The Kier molecular flexibility index (Phi) is 4.55. The van der Waals surface area contributed by atoms with Crippen LogP contribution in [0.25, 0.3) is 0 Å². The van der Waals surface area contributed by atoms with Crippen LogP contribution < -0.4 is 5.32 Å². The summed E-state index contributed by atoms with van der Waals surface area (Å²) < 4.78 is 25.7. The highest BCUT2D eigenvalue weighted by atomic mass is 32.2. The maximum Gasteiger partial charge on any atom is 0.181 e. The molecule has 1 N–H and O–H groups in total. The van der Waals surface area contributed by atoms with Gasteiger partial charge in [-0.1, -0.05) is 19.9 Å². The van der Waals surface area contributed by atoms with Crippen molar-refractivity contribution in [3.63, 3.8) is 0 Å². The summed E-state index contributed by atoms with van der Waals surface area (Å²) in [6.07, 6.45) is 1.71. The lowest BCUT2D eigenvalue weighted by atomic mass is 10.1. The summed E-state index contributed by atoms with van der Waals surface area (Å²) in [7, 11) is -3.22. The zero-order valence-corrected chi connectivity index (χ0v) is 13.6. The van der Waals surface area contributed by atoms with Gasteiger partial charge in [0.15, 0.2) is 9.84 Å². The van der Waals surface area contributed by atoms with Gasteiger partial charge in [0.2, 0.25) is 0 Å². The molecule has 1 aromatic rings. The molecule has 0 heterocycles. The third-order valence-electron chi connectivity index (χ3n) is 4.66. The molecule has 0 amide bonds. The van der Waals surface area contributed by atoms with Gasteiger partial charge < -0.3 is 5.32 Å². The van der Waals surface area contributed by atoms with E-state index in [4.69, 9.17) is 0 Å². The van der Waals surface area contributed by atoms with Crippen LogP contribution in [0.2, 0.25) is 0 Å². The van der Waals surface area contributed by atoms with Crippen LogP contribution in [0.3, 0.4) is 0 Å². The van der Waals surface area contributed by atoms with E-state index in [2.05, 4.69) is 19.2 Å². The second-order valence-electron chi connectivity index (χ2n) is 5.93. The highest BCUT2D eigenvalue weighted by Gasteiger charge is 2.41. The van der Waals surface area contributed by atoms with Crippen LogP contribution in [0.15, 0.2) is 23.1 Å². The lowest BCUT2D eigenvalue weighted by molar-refractivity contribution is 0.433. The number of hydrogen-bond donors (Lipinski definition) is 1. The minimum Gasteiger partial charge on any atom is -0.314 e. The third kappa shape index (κ3) is 2.77. The number of nitrogens with one attached hydrogen (secondary N) is 1. The molecule has 1 fully saturated rings. The topological polar surface area (TPSA) is 46.2 Å². The summed E-state index contributed by atoms with van der Waals surface area (Å²) in [6, 6.07) is 5.80. The summed E-state index contributed by atoms with van der Waals surface area (Å²) in [6.45, 7) is 8.99. The molecule has 1 aromatic carbocycles. The molecule has 0 bridgehead atoms. The van der Waals surface area contributed by atoms with Crippen LogP contribution >= 0.6 is 0 Å². The Labute approximate surface area is 122 Å². The van der Waals surface area contributed by atoms with Crippen molar-refractivity contribution in [3.05, 3.63) is 29.3 Å². The van der Waals surface area contributed by atoms with Gasteiger partial charge in [0, 0.05) is 6.04 Å². The smallest absolute Gasteiger partial charge is 0.181 e. The number of hydrogen-bond acceptors (Lipinski definition) is 3. The van der Waals surface area contributed by atoms with Gasteiger partial charge in [-0.25, -0.2) is 8.42 Å². The minimum absolute atomic E-state index is 0.168. The molecule has 0 radical (unpaired) electrons. The number of rotatable bonds is 4. The van der Waals surface area contributed by atoms with Crippen molar-refractivity contribution in [2.45, 2.75) is 56.7 Å². The molecule has 1 aliphatic carbocycles. The van der Waals surface area contributed by atoms with E-state index >= 15 is 0 Å². The molecule has 3 atom stereocenters. The first-order valence-electron chi connectivity index (χ1n) is 7.42. The number of sulfone groups is 1. The van der Waals surface area contributed by atoms with Gasteiger partial charge in [0.25, 0.3) is 0 Å². The second-order valence-corrected chi connectivity index (χ2v) is 8.10. The average molecular weight is 295 g/mol. The summed E-state index contributed by atoms with van der Waals surface area (Å²) in [4.78, 5) is 0.481. The Hall–Kier alpha value is -0.870. The predicted molar refractivity (Wildman–Crippen MR) is 82.8 cm³/mol. The van der Waals surface area contributed by atoms with Gasteiger partial charge in [0.05, 0.1) is 10.1 Å². The van der Waals surface area contributed by atoms with E-state index in [0.29, 0.717) is 10.9 Å². The molecule has 0 aromatic heterocycles. The fourth-order valence-corrected chi connectivity index (χ4v) is 5.33. The van der Waals surface area contributed by atoms with Crippen LogP contribution in [-0.2, 0) is 9.84 Å². The molecule has 0 spiro atoms. The molecule has 1 saturated carbocycles. The fourth-order valence-electron chi connectivity index (χ4n) is 3.18. The Bertz CT molecular complexity index is 580. The van der Waals surface area contributed by atoms with Crippen molar-refractivity contribution >= 4 is 9.84 Å². The van der Waals surface area contributed by atoms with Crippen LogP contribution in [-0.4, -0.2) is 26.3 Å². The largest absolute Gasteiger partial charge is 0.314 e. The van der Waals surface area contributed by atoms with Gasteiger partial charge in [-0.2, -0.15) is 0 Å². The van der Waals surface area contributed by atoms with Crippen LogP contribution in [0, 0.1) is 19.8 Å². The summed E-state index contributed by atoms with van der Waals surface area (Å²) >= 11 is 0.